The van der Waals surface area contributed by atoms with Crippen LogP contribution in [0, 0.1) is 5.92 Å². The molecule has 0 aromatic heterocycles. The molecule has 1 aliphatic heterocycles. The van der Waals surface area contributed by atoms with Gasteiger partial charge in [-0.05, 0) is 35.0 Å². The highest BCUT2D eigenvalue weighted by Gasteiger charge is 2.46. The number of carbonyl (C=O) groups is 5. The van der Waals surface area contributed by atoms with Crippen molar-refractivity contribution in [1.29, 1.82) is 0 Å². The number of para-hydroxylation sites is 1. The number of benzene rings is 4. The molecule has 2 atom stereocenters. The standard InChI is InChI=1S/C29H20N2O6/c30-27(34)21-11-5-6-12-22(21)31-28(35)25(33)23(26-19-9-3-4-10-20(19)29(36)37-26)24(32)18-14-13-16-7-1-2-8-17(16)15-18/h1-15,23,26H,(H2,30,34)(H,31,35)/t23-,26-/m1/s1. The number of anilines is 1. The van der Waals surface area contributed by atoms with Gasteiger partial charge in [-0.25, -0.2) is 4.79 Å². The number of Topliss-reactive ketones (excluding diaryl/α,β-unsaturated/α-hetero) is 2. The molecule has 4 aromatic rings. The van der Waals surface area contributed by atoms with Crippen molar-refractivity contribution >= 4 is 45.8 Å². The van der Waals surface area contributed by atoms with Crippen molar-refractivity contribution in [3.8, 4) is 0 Å². The lowest BCUT2D eigenvalue weighted by atomic mass is 9.84. The molecule has 4 aromatic carbocycles. The summed E-state index contributed by atoms with van der Waals surface area (Å²) in [6.07, 6.45) is -1.30. The van der Waals surface area contributed by atoms with Gasteiger partial charge in [-0.15, -0.1) is 0 Å². The molecular weight excluding hydrogens is 472 g/mol. The molecule has 1 heterocycles. The summed E-state index contributed by atoms with van der Waals surface area (Å²) >= 11 is 0. The number of ketones is 2. The van der Waals surface area contributed by atoms with E-state index in [1.807, 2.05) is 24.3 Å². The number of carbonyl (C=O) groups excluding carboxylic acids is 5. The third-order valence-corrected chi connectivity index (χ3v) is 6.29. The van der Waals surface area contributed by atoms with Gasteiger partial charge in [0.05, 0.1) is 16.8 Å². The Bertz CT molecular complexity index is 1610. The van der Waals surface area contributed by atoms with E-state index in [1.54, 1.807) is 48.5 Å². The van der Waals surface area contributed by atoms with Gasteiger partial charge in [-0.1, -0.05) is 66.7 Å². The third-order valence-electron chi connectivity index (χ3n) is 6.29. The van der Waals surface area contributed by atoms with Crippen LogP contribution in [0.25, 0.3) is 10.8 Å². The average Bonchev–Trinajstić information content (AvgIpc) is 3.24. The van der Waals surface area contributed by atoms with E-state index < -0.39 is 41.4 Å². The van der Waals surface area contributed by atoms with Crippen LogP contribution in [0.15, 0.2) is 91.0 Å². The Morgan fingerprint density at radius 3 is 2.27 bits per heavy atom. The number of cyclic esters (lactones) is 1. The van der Waals surface area contributed by atoms with Gasteiger partial charge in [-0.3, -0.25) is 19.2 Å². The van der Waals surface area contributed by atoms with Crippen LogP contribution in [0.3, 0.4) is 0 Å². The van der Waals surface area contributed by atoms with Crippen molar-refractivity contribution in [2.75, 3.05) is 5.32 Å². The fraction of sp³-hybridized carbons (Fsp3) is 0.0690. The Kier molecular flexibility index (Phi) is 6.07. The predicted octanol–water partition coefficient (Wildman–Crippen LogP) is 3.86. The average molecular weight is 492 g/mol. The number of esters is 1. The molecule has 1 aliphatic rings. The number of hydrogen-bond donors (Lipinski definition) is 2. The molecular formula is C29H20N2O6. The summed E-state index contributed by atoms with van der Waals surface area (Å²) in [5.74, 6) is -6.09. The van der Waals surface area contributed by atoms with Crippen molar-refractivity contribution in [3.05, 3.63) is 113 Å². The minimum atomic E-state index is -1.66. The van der Waals surface area contributed by atoms with Crippen LogP contribution in [-0.4, -0.2) is 29.4 Å². The summed E-state index contributed by atoms with van der Waals surface area (Å²) in [6.45, 7) is 0. The molecule has 5 rings (SSSR count). The van der Waals surface area contributed by atoms with Crippen LogP contribution in [0.1, 0.15) is 42.7 Å². The fourth-order valence-corrected chi connectivity index (χ4v) is 4.47. The Balaban J connectivity index is 1.55. The molecule has 182 valence electrons. The smallest absolute Gasteiger partial charge is 0.339 e. The second kappa shape index (κ2) is 9.50. The highest BCUT2D eigenvalue weighted by atomic mass is 16.5. The van der Waals surface area contributed by atoms with Crippen LogP contribution >= 0.6 is 0 Å². The number of primary amides is 1. The van der Waals surface area contributed by atoms with E-state index in [1.165, 1.54) is 18.2 Å². The first-order valence-electron chi connectivity index (χ1n) is 11.4. The van der Waals surface area contributed by atoms with Crippen LogP contribution in [0.5, 0.6) is 0 Å². The molecule has 0 bridgehead atoms. The SMILES string of the molecule is NC(=O)c1ccccc1NC(=O)C(=O)[C@@H](C(=O)c1ccc2ccccc2c1)[C@@H]1OC(=O)c2ccccc21. The second-order valence-corrected chi connectivity index (χ2v) is 8.55. The normalized spacial score (nSPS) is 14.9. The first-order chi connectivity index (χ1) is 17.8. The largest absolute Gasteiger partial charge is 0.453 e. The first kappa shape index (κ1) is 23.6. The van der Waals surface area contributed by atoms with Crippen LogP contribution in [-0.2, 0) is 14.3 Å². The molecule has 0 fully saturated rings. The van der Waals surface area contributed by atoms with Crippen LogP contribution in [0.4, 0.5) is 5.69 Å². The maximum Gasteiger partial charge on any atom is 0.339 e. The van der Waals surface area contributed by atoms with Gasteiger partial charge in [-0.2, -0.15) is 0 Å². The van der Waals surface area contributed by atoms with Crippen molar-refractivity contribution in [2.45, 2.75) is 6.10 Å². The fourth-order valence-electron chi connectivity index (χ4n) is 4.47. The minimum Gasteiger partial charge on any atom is -0.453 e. The molecule has 3 N–H and O–H groups in total. The van der Waals surface area contributed by atoms with Crippen molar-refractivity contribution in [1.82, 2.24) is 0 Å². The highest BCUT2D eigenvalue weighted by molar-refractivity contribution is 6.45. The van der Waals surface area contributed by atoms with Crippen LogP contribution in [0.2, 0.25) is 0 Å². The Hall–Kier alpha value is -5.11. The lowest BCUT2D eigenvalue weighted by Gasteiger charge is -2.21. The Morgan fingerprint density at radius 1 is 0.811 bits per heavy atom. The van der Waals surface area contributed by atoms with Crippen molar-refractivity contribution in [2.24, 2.45) is 11.7 Å². The quantitative estimate of drug-likeness (QED) is 0.174. The molecule has 0 radical (unpaired) electrons. The van der Waals surface area contributed by atoms with E-state index in [-0.39, 0.29) is 22.4 Å². The van der Waals surface area contributed by atoms with Gasteiger partial charge >= 0.3 is 5.97 Å². The van der Waals surface area contributed by atoms with Crippen molar-refractivity contribution < 1.29 is 28.7 Å². The summed E-state index contributed by atoms with van der Waals surface area (Å²) in [6, 6.07) is 24.6. The summed E-state index contributed by atoms with van der Waals surface area (Å²) in [7, 11) is 0. The Morgan fingerprint density at radius 2 is 1.49 bits per heavy atom. The van der Waals surface area contributed by atoms with Gasteiger partial charge < -0.3 is 15.8 Å². The molecule has 0 aliphatic carbocycles. The van der Waals surface area contributed by atoms with Gasteiger partial charge in [0.1, 0.15) is 12.0 Å². The number of hydrogen-bond acceptors (Lipinski definition) is 6. The maximum atomic E-state index is 13.8. The molecule has 0 saturated heterocycles. The predicted molar refractivity (Wildman–Crippen MR) is 135 cm³/mol. The van der Waals surface area contributed by atoms with Crippen LogP contribution < -0.4 is 11.1 Å². The molecule has 8 heteroatoms. The third kappa shape index (κ3) is 4.36. The lowest BCUT2D eigenvalue weighted by Crippen LogP contribution is -2.38. The maximum absolute atomic E-state index is 13.8. The lowest BCUT2D eigenvalue weighted by molar-refractivity contribution is -0.138. The van der Waals surface area contributed by atoms with E-state index in [0.29, 0.717) is 5.56 Å². The zero-order valence-corrected chi connectivity index (χ0v) is 19.3. The van der Waals surface area contributed by atoms with Gasteiger partial charge in [0.2, 0.25) is 5.78 Å². The summed E-state index contributed by atoms with van der Waals surface area (Å²) in [4.78, 5) is 64.8. The molecule has 8 nitrogen and oxygen atoms in total. The molecule has 0 spiro atoms. The van der Waals surface area contributed by atoms with Gasteiger partial charge in [0, 0.05) is 11.1 Å². The number of fused-ring (bicyclic) bond motifs is 2. The molecule has 0 saturated carbocycles. The van der Waals surface area contributed by atoms with E-state index in [4.69, 9.17) is 10.5 Å². The van der Waals surface area contributed by atoms with E-state index in [9.17, 15) is 24.0 Å². The van der Waals surface area contributed by atoms with E-state index in [2.05, 4.69) is 5.32 Å². The Labute approximate surface area is 211 Å². The van der Waals surface area contributed by atoms with E-state index in [0.717, 1.165) is 10.8 Å². The number of nitrogens with one attached hydrogen (secondary N) is 1. The number of ether oxygens (including phenoxy) is 1. The molecule has 37 heavy (non-hydrogen) atoms. The van der Waals surface area contributed by atoms with Gasteiger partial charge in [0.25, 0.3) is 11.8 Å². The van der Waals surface area contributed by atoms with E-state index >= 15 is 0 Å². The highest BCUT2D eigenvalue weighted by Crippen LogP contribution is 2.38. The number of rotatable bonds is 7. The zero-order chi connectivity index (χ0) is 26.1. The van der Waals surface area contributed by atoms with Crippen molar-refractivity contribution in [3.63, 3.8) is 0 Å². The zero-order valence-electron chi connectivity index (χ0n) is 19.3. The molecule has 0 unspecified atom stereocenters. The monoisotopic (exact) mass is 492 g/mol. The first-order valence-corrected chi connectivity index (χ1v) is 11.4. The minimum absolute atomic E-state index is 0.00121. The summed E-state index contributed by atoms with van der Waals surface area (Å²) in [5, 5.41) is 4.04. The number of amides is 2. The summed E-state index contributed by atoms with van der Waals surface area (Å²) < 4.78 is 5.47. The topological polar surface area (TPSA) is 133 Å². The van der Waals surface area contributed by atoms with Gasteiger partial charge in [0.15, 0.2) is 5.78 Å². The summed E-state index contributed by atoms with van der Waals surface area (Å²) in [5.41, 5.74) is 6.14. The molecule has 2 amide bonds. The second-order valence-electron chi connectivity index (χ2n) is 8.55. The number of nitrogens with two attached hydrogens (primary N) is 1.